The zero-order valence-corrected chi connectivity index (χ0v) is 13.7. The maximum absolute atomic E-state index is 12.8. The van der Waals surface area contributed by atoms with Crippen LogP contribution in [0.5, 0.6) is 0 Å². The van der Waals surface area contributed by atoms with Gasteiger partial charge in [0.15, 0.2) is 6.10 Å². The summed E-state index contributed by atoms with van der Waals surface area (Å²) in [4.78, 5) is 12.8. The van der Waals surface area contributed by atoms with Crippen molar-refractivity contribution < 1.29 is 14.6 Å². The number of aliphatic hydroxyl groups is 1. The quantitative estimate of drug-likeness (QED) is 0.878. The lowest BCUT2D eigenvalue weighted by Crippen LogP contribution is -2.45. The lowest BCUT2D eigenvalue weighted by Gasteiger charge is -2.33. The van der Waals surface area contributed by atoms with Crippen LogP contribution in [0.3, 0.4) is 0 Å². The Morgan fingerprint density at radius 1 is 1.26 bits per heavy atom. The van der Waals surface area contributed by atoms with Gasteiger partial charge in [0.25, 0.3) is 5.91 Å². The van der Waals surface area contributed by atoms with Crippen molar-refractivity contribution in [3.63, 3.8) is 0 Å². The molecular weight excluding hydrogens is 290 g/mol. The SMILES string of the molecule is O=C(NC(CCO)C1CCCCC1)C1OCCc2ccccc21. The van der Waals surface area contributed by atoms with Crippen molar-refractivity contribution in [2.75, 3.05) is 13.2 Å². The van der Waals surface area contributed by atoms with Gasteiger partial charge in [-0.15, -0.1) is 0 Å². The van der Waals surface area contributed by atoms with Crippen LogP contribution >= 0.6 is 0 Å². The molecule has 4 nitrogen and oxygen atoms in total. The molecule has 1 heterocycles. The first-order chi connectivity index (χ1) is 11.3. The largest absolute Gasteiger partial charge is 0.396 e. The Hall–Kier alpha value is -1.39. The van der Waals surface area contributed by atoms with Crippen LogP contribution in [0.1, 0.15) is 55.8 Å². The minimum atomic E-state index is -0.510. The van der Waals surface area contributed by atoms with Crippen LogP contribution < -0.4 is 5.32 Å². The van der Waals surface area contributed by atoms with Gasteiger partial charge in [0.1, 0.15) is 0 Å². The summed E-state index contributed by atoms with van der Waals surface area (Å²) in [6, 6.07) is 8.09. The molecular formula is C19H27NO3. The highest BCUT2D eigenvalue weighted by molar-refractivity contribution is 5.83. The Labute approximate surface area is 138 Å². The van der Waals surface area contributed by atoms with E-state index in [9.17, 15) is 9.90 Å². The van der Waals surface area contributed by atoms with Crippen LogP contribution in [0.2, 0.25) is 0 Å². The minimum absolute atomic E-state index is 0.0545. The van der Waals surface area contributed by atoms with Crippen molar-refractivity contribution in [1.82, 2.24) is 5.32 Å². The second kappa shape index (κ2) is 7.93. The molecule has 1 fully saturated rings. The van der Waals surface area contributed by atoms with Gasteiger partial charge < -0.3 is 15.2 Å². The predicted molar refractivity (Wildman–Crippen MR) is 89.0 cm³/mol. The van der Waals surface area contributed by atoms with E-state index in [-0.39, 0.29) is 18.6 Å². The topological polar surface area (TPSA) is 58.6 Å². The molecule has 2 aliphatic rings. The average molecular weight is 317 g/mol. The third-order valence-electron chi connectivity index (χ3n) is 5.22. The molecule has 1 saturated carbocycles. The Balaban J connectivity index is 1.69. The van der Waals surface area contributed by atoms with Crippen molar-refractivity contribution in [3.8, 4) is 0 Å². The first-order valence-corrected chi connectivity index (χ1v) is 8.90. The van der Waals surface area contributed by atoms with E-state index in [1.165, 1.54) is 24.8 Å². The number of benzene rings is 1. The number of rotatable bonds is 5. The lowest BCUT2D eigenvalue weighted by molar-refractivity contribution is -0.135. The average Bonchev–Trinajstić information content (AvgIpc) is 2.61. The van der Waals surface area contributed by atoms with Crippen LogP contribution in [-0.4, -0.2) is 30.3 Å². The second-order valence-electron chi connectivity index (χ2n) is 6.73. The zero-order chi connectivity index (χ0) is 16.1. The third-order valence-corrected chi connectivity index (χ3v) is 5.22. The van der Waals surface area contributed by atoms with Gasteiger partial charge in [0, 0.05) is 12.6 Å². The number of hydrogen-bond acceptors (Lipinski definition) is 3. The number of fused-ring (bicyclic) bond motifs is 1. The fourth-order valence-electron chi connectivity index (χ4n) is 3.97. The van der Waals surface area contributed by atoms with Crippen LogP contribution in [-0.2, 0) is 16.0 Å². The molecule has 2 unspecified atom stereocenters. The van der Waals surface area contributed by atoms with E-state index >= 15 is 0 Å². The summed E-state index contributed by atoms with van der Waals surface area (Å²) in [6.45, 7) is 0.701. The summed E-state index contributed by atoms with van der Waals surface area (Å²) >= 11 is 0. The molecule has 1 aliphatic carbocycles. The first kappa shape index (κ1) is 16.5. The number of carbonyl (C=O) groups is 1. The highest BCUT2D eigenvalue weighted by Gasteiger charge is 2.31. The van der Waals surface area contributed by atoms with E-state index in [1.807, 2.05) is 18.2 Å². The molecule has 1 aliphatic heterocycles. The van der Waals surface area contributed by atoms with E-state index in [2.05, 4.69) is 11.4 Å². The normalized spacial score (nSPS) is 23.1. The highest BCUT2D eigenvalue weighted by Crippen LogP contribution is 2.30. The summed E-state index contributed by atoms with van der Waals surface area (Å²) in [7, 11) is 0. The van der Waals surface area contributed by atoms with Crippen molar-refractivity contribution in [2.24, 2.45) is 5.92 Å². The second-order valence-corrected chi connectivity index (χ2v) is 6.73. The number of amides is 1. The molecule has 0 saturated heterocycles. The van der Waals surface area contributed by atoms with Gasteiger partial charge in [-0.1, -0.05) is 43.5 Å². The zero-order valence-electron chi connectivity index (χ0n) is 13.7. The molecule has 4 heteroatoms. The van der Waals surface area contributed by atoms with Crippen molar-refractivity contribution in [1.29, 1.82) is 0 Å². The van der Waals surface area contributed by atoms with Gasteiger partial charge in [-0.2, -0.15) is 0 Å². The van der Waals surface area contributed by atoms with E-state index in [1.54, 1.807) is 0 Å². The third kappa shape index (κ3) is 3.93. The summed E-state index contributed by atoms with van der Waals surface area (Å²) in [6.07, 6.45) is 7.02. The van der Waals surface area contributed by atoms with Gasteiger partial charge in [0.05, 0.1) is 6.61 Å². The summed E-state index contributed by atoms with van der Waals surface area (Å²) in [5.41, 5.74) is 2.19. The standard InChI is InChI=1S/C19H27NO3/c21-12-10-17(15-7-2-1-3-8-15)20-19(22)18-16-9-5-4-6-14(16)11-13-23-18/h4-6,9,15,17-18,21H,1-3,7-8,10-13H2,(H,20,22). The smallest absolute Gasteiger partial charge is 0.254 e. The molecule has 2 atom stereocenters. The van der Waals surface area contributed by atoms with Gasteiger partial charge >= 0.3 is 0 Å². The molecule has 1 aromatic carbocycles. The van der Waals surface area contributed by atoms with Crippen LogP contribution in [0.4, 0.5) is 0 Å². The number of nitrogens with one attached hydrogen (secondary N) is 1. The fraction of sp³-hybridized carbons (Fsp3) is 0.632. The van der Waals surface area contributed by atoms with Gasteiger partial charge in [0.2, 0.25) is 0 Å². The lowest BCUT2D eigenvalue weighted by atomic mass is 9.82. The van der Waals surface area contributed by atoms with E-state index in [0.29, 0.717) is 18.9 Å². The molecule has 0 bridgehead atoms. The molecule has 23 heavy (non-hydrogen) atoms. The molecule has 1 amide bonds. The van der Waals surface area contributed by atoms with E-state index in [4.69, 9.17) is 4.74 Å². The van der Waals surface area contributed by atoms with E-state index in [0.717, 1.165) is 24.8 Å². The van der Waals surface area contributed by atoms with Crippen LogP contribution in [0.15, 0.2) is 24.3 Å². The van der Waals surface area contributed by atoms with Gasteiger partial charge in [-0.05, 0) is 42.7 Å². The molecule has 1 aromatic rings. The van der Waals surface area contributed by atoms with Crippen LogP contribution in [0.25, 0.3) is 0 Å². The highest BCUT2D eigenvalue weighted by atomic mass is 16.5. The number of hydrogen-bond donors (Lipinski definition) is 2. The first-order valence-electron chi connectivity index (χ1n) is 8.90. The summed E-state index contributed by atoms with van der Waals surface area (Å²) in [5, 5.41) is 12.5. The Morgan fingerprint density at radius 3 is 2.83 bits per heavy atom. The van der Waals surface area contributed by atoms with Crippen LogP contribution in [0, 0.1) is 5.92 Å². The Bertz CT molecular complexity index is 525. The molecule has 0 aromatic heterocycles. The van der Waals surface area contributed by atoms with E-state index < -0.39 is 6.10 Å². The van der Waals surface area contributed by atoms with Crippen molar-refractivity contribution in [2.45, 2.75) is 57.1 Å². The molecule has 0 spiro atoms. The van der Waals surface area contributed by atoms with Crippen molar-refractivity contribution in [3.05, 3.63) is 35.4 Å². The number of aliphatic hydroxyl groups excluding tert-OH is 1. The van der Waals surface area contributed by atoms with Gasteiger partial charge in [-0.25, -0.2) is 0 Å². The Kier molecular flexibility index (Phi) is 5.68. The Morgan fingerprint density at radius 2 is 2.04 bits per heavy atom. The molecule has 0 radical (unpaired) electrons. The fourth-order valence-corrected chi connectivity index (χ4v) is 3.97. The summed E-state index contributed by atoms with van der Waals surface area (Å²) < 4.78 is 5.76. The number of ether oxygens (including phenoxy) is 1. The minimum Gasteiger partial charge on any atom is -0.396 e. The molecule has 2 N–H and O–H groups in total. The monoisotopic (exact) mass is 317 g/mol. The molecule has 3 rings (SSSR count). The number of carbonyl (C=O) groups excluding carboxylic acids is 1. The van der Waals surface area contributed by atoms with Crippen molar-refractivity contribution >= 4 is 5.91 Å². The maximum Gasteiger partial charge on any atom is 0.254 e. The molecule has 126 valence electrons. The van der Waals surface area contributed by atoms with Gasteiger partial charge in [-0.3, -0.25) is 4.79 Å². The maximum atomic E-state index is 12.8. The summed E-state index contributed by atoms with van der Waals surface area (Å²) in [5.74, 6) is 0.430. The predicted octanol–water partition coefficient (Wildman–Crippen LogP) is 2.75.